The van der Waals surface area contributed by atoms with Crippen molar-refractivity contribution in [2.45, 2.75) is 57.0 Å². The van der Waals surface area contributed by atoms with Crippen molar-refractivity contribution >= 4 is 11.7 Å². The molecule has 0 radical (unpaired) electrons. The van der Waals surface area contributed by atoms with Gasteiger partial charge < -0.3 is 10.2 Å². The molecular formula is C21H25F3N2O2. The van der Waals surface area contributed by atoms with Gasteiger partial charge in [0.25, 0.3) is 0 Å². The Bertz CT molecular complexity index is 740. The van der Waals surface area contributed by atoms with Gasteiger partial charge in [-0.1, -0.05) is 12.8 Å². The Hall–Kier alpha value is -1.89. The van der Waals surface area contributed by atoms with E-state index in [2.05, 4.69) is 5.32 Å². The van der Waals surface area contributed by atoms with Gasteiger partial charge in [0.05, 0.1) is 11.6 Å². The van der Waals surface area contributed by atoms with Crippen molar-refractivity contribution in [3.8, 4) is 0 Å². The maximum absolute atomic E-state index is 13.9. The van der Waals surface area contributed by atoms with Gasteiger partial charge in [-0.05, 0) is 38.0 Å². The lowest BCUT2D eigenvalue weighted by Crippen LogP contribution is -2.48. The van der Waals surface area contributed by atoms with E-state index in [4.69, 9.17) is 0 Å². The predicted molar refractivity (Wildman–Crippen MR) is 97.2 cm³/mol. The normalized spacial score (nSPS) is 28.2. The summed E-state index contributed by atoms with van der Waals surface area (Å²) in [6, 6.07) is 1.33. The number of fused-ring (bicyclic) bond motifs is 1. The van der Waals surface area contributed by atoms with Crippen molar-refractivity contribution in [3.05, 3.63) is 35.1 Å². The summed E-state index contributed by atoms with van der Waals surface area (Å²) in [7, 11) is 0. The summed E-state index contributed by atoms with van der Waals surface area (Å²) in [4.78, 5) is 27.2. The van der Waals surface area contributed by atoms with E-state index in [9.17, 15) is 22.8 Å². The van der Waals surface area contributed by atoms with Crippen LogP contribution in [0.15, 0.2) is 12.1 Å². The molecule has 4 nitrogen and oxygen atoms in total. The highest BCUT2D eigenvalue weighted by Crippen LogP contribution is 2.34. The third-order valence-electron chi connectivity index (χ3n) is 6.59. The first kappa shape index (κ1) is 19.4. The van der Waals surface area contributed by atoms with Crippen LogP contribution in [-0.4, -0.2) is 41.8 Å². The summed E-state index contributed by atoms with van der Waals surface area (Å²) in [5.41, 5.74) is -0.673. The van der Waals surface area contributed by atoms with Crippen molar-refractivity contribution in [2.24, 2.45) is 11.8 Å². The average Bonchev–Trinajstić information content (AvgIpc) is 3.11. The van der Waals surface area contributed by atoms with Crippen molar-refractivity contribution in [1.82, 2.24) is 10.2 Å². The van der Waals surface area contributed by atoms with Gasteiger partial charge in [0.2, 0.25) is 5.91 Å². The fraction of sp³-hybridized carbons (Fsp3) is 0.619. The van der Waals surface area contributed by atoms with Crippen molar-refractivity contribution < 1.29 is 22.8 Å². The van der Waals surface area contributed by atoms with Crippen molar-refractivity contribution in [2.75, 3.05) is 13.1 Å². The molecule has 152 valence electrons. The number of benzene rings is 1. The number of amides is 1. The highest BCUT2D eigenvalue weighted by atomic mass is 19.1. The number of piperidine rings is 1. The third kappa shape index (κ3) is 3.69. The van der Waals surface area contributed by atoms with Gasteiger partial charge in [-0.25, -0.2) is 13.2 Å². The summed E-state index contributed by atoms with van der Waals surface area (Å²) in [5, 5.41) is 3.48. The average molecular weight is 394 g/mol. The molecule has 3 fully saturated rings. The Morgan fingerprint density at radius 1 is 0.964 bits per heavy atom. The van der Waals surface area contributed by atoms with Gasteiger partial charge >= 0.3 is 0 Å². The molecule has 0 spiro atoms. The quantitative estimate of drug-likeness (QED) is 0.799. The minimum absolute atomic E-state index is 0.0689. The molecule has 2 saturated heterocycles. The molecule has 2 heterocycles. The lowest BCUT2D eigenvalue weighted by atomic mass is 9.85. The molecule has 1 aliphatic carbocycles. The Kier molecular flexibility index (Phi) is 5.45. The molecule has 3 atom stereocenters. The molecular weight excluding hydrogens is 369 g/mol. The topological polar surface area (TPSA) is 49.4 Å². The smallest absolute Gasteiger partial charge is 0.239 e. The monoisotopic (exact) mass is 394 g/mol. The van der Waals surface area contributed by atoms with Gasteiger partial charge in [-0.2, -0.15) is 0 Å². The van der Waals surface area contributed by atoms with Crippen LogP contribution in [0.3, 0.4) is 0 Å². The number of rotatable bonds is 3. The van der Waals surface area contributed by atoms with E-state index in [1.165, 1.54) is 19.3 Å². The summed E-state index contributed by atoms with van der Waals surface area (Å²) < 4.78 is 40.9. The fourth-order valence-electron chi connectivity index (χ4n) is 5.07. The van der Waals surface area contributed by atoms with Crippen LogP contribution in [0.2, 0.25) is 0 Å². The number of likely N-dealkylation sites (tertiary alicyclic amines) is 1. The molecule has 1 amide bonds. The second kappa shape index (κ2) is 7.85. The number of Topliss-reactive ketones (excluding diaryl/α,β-unsaturated/α-hetero) is 1. The molecule has 28 heavy (non-hydrogen) atoms. The first-order valence-corrected chi connectivity index (χ1v) is 10.2. The van der Waals surface area contributed by atoms with E-state index >= 15 is 0 Å². The predicted octanol–water partition coefficient (Wildman–Crippen LogP) is 3.45. The zero-order valence-corrected chi connectivity index (χ0v) is 15.7. The summed E-state index contributed by atoms with van der Waals surface area (Å²) in [6.45, 7) is 0.792. The molecule has 7 heteroatoms. The van der Waals surface area contributed by atoms with Gasteiger partial charge in [0, 0.05) is 37.2 Å². The molecule has 1 saturated carbocycles. The Labute approximate surface area is 162 Å². The number of carbonyl (C=O) groups is 2. The van der Waals surface area contributed by atoms with Crippen LogP contribution in [0.5, 0.6) is 0 Å². The number of ketones is 1. The highest BCUT2D eigenvalue weighted by molar-refractivity contribution is 5.98. The van der Waals surface area contributed by atoms with E-state index in [-0.39, 0.29) is 11.9 Å². The van der Waals surface area contributed by atoms with Crippen LogP contribution >= 0.6 is 0 Å². The van der Waals surface area contributed by atoms with Crippen LogP contribution in [0.1, 0.15) is 55.3 Å². The Morgan fingerprint density at radius 3 is 2.25 bits per heavy atom. The minimum atomic E-state index is -1.17. The maximum Gasteiger partial charge on any atom is 0.239 e. The van der Waals surface area contributed by atoms with E-state index in [1.54, 1.807) is 4.90 Å². The van der Waals surface area contributed by atoms with E-state index in [1.807, 2.05) is 0 Å². The van der Waals surface area contributed by atoms with Crippen molar-refractivity contribution in [1.29, 1.82) is 0 Å². The molecule has 0 aromatic heterocycles. The molecule has 4 rings (SSSR count). The standard InChI is InChI=1S/C21H25F3N2O2/c22-14-10-15(23)19(16(24)11-14)20(27)12-5-7-26(8-6-12)21(28)18-9-13-3-1-2-4-17(13)25-18/h10-13,17-18,25H,1-9H2. The van der Waals surface area contributed by atoms with Gasteiger partial charge in [0.1, 0.15) is 17.5 Å². The zero-order chi connectivity index (χ0) is 19.8. The molecule has 3 aliphatic rings. The summed E-state index contributed by atoms with van der Waals surface area (Å²) in [5.74, 6) is -3.94. The summed E-state index contributed by atoms with van der Waals surface area (Å²) in [6.07, 6.45) is 6.33. The van der Waals surface area contributed by atoms with Gasteiger partial charge in [-0.3, -0.25) is 9.59 Å². The zero-order valence-electron chi connectivity index (χ0n) is 15.7. The van der Waals surface area contributed by atoms with E-state index in [0.717, 1.165) is 12.8 Å². The van der Waals surface area contributed by atoms with Crippen LogP contribution in [0.25, 0.3) is 0 Å². The molecule has 1 aromatic rings. The second-order valence-corrected chi connectivity index (χ2v) is 8.31. The number of hydrogen-bond acceptors (Lipinski definition) is 3. The molecule has 3 unspecified atom stereocenters. The number of carbonyl (C=O) groups excluding carboxylic acids is 2. The Balaban J connectivity index is 1.36. The minimum Gasteiger partial charge on any atom is -0.341 e. The SMILES string of the molecule is O=C(c1c(F)cc(F)cc1F)C1CCN(C(=O)C2CC3CCCCC3N2)CC1. The van der Waals surface area contributed by atoms with E-state index < -0.39 is 34.7 Å². The van der Waals surface area contributed by atoms with E-state index in [0.29, 0.717) is 50.0 Å². The van der Waals surface area contributed by atoms with Crippen molar-refractivity contribution in [3.63, 3.8) is 0 Å². The third-order valence-corrected chi connectivity index (χ3v) is 6.59. The van der Waals surface area contributed by atoms with Crippen LogP contribution in [0, 0.1) is 29.3 Å². The van der Waals surface area contributed by atoms with Gasteiger partial charge in [-0.15, -0.1) is 0 Å². The molecule has 2 aliphatic heterocycles. The van der Waals surface area contributed by atoms with Gasteiger partial charge in [0.15, 0.2) is 5.78 Å². The largest absolute Gasteiger partial charge is 0.341 e. The number of halogens is 3. The van der Waals surface area contributed by atoms with Crippen LogP contribution < -0.4 is 5.32 Å². The maximum atomic E-state index is 13.9. The lowest BCUT2D eigenvalue weighted by molar-refractivity contribution is -0.134. The van der Waals surface area contributed by atoms with Crippen LogP contribution in [0.4, 0.5) is 13.2 Å². The first-order chi connectivity index (χ1) is 13.4. The molecule has 1 aromatic carbocycles. The first-order valence-electron chi connectivity index (χ1n) is 10.2. The molecule has 0 bridgehead atoms. The number of nitrogens with one attached hydrogen (secondary N) is 1. The summed E-state index contributed by atoms with van der Waals surface area (Å²) >= 11 is 0. The second-order valence-electron chi connectivity index (χ2n) is 8.31. The number of hydrogen-bond donors (Lipinski definition) is 1. The fourth-order valence-corrected chi connectivity index (χ4v) is 5.07. The van der Waals surface area contributed by atoms with Crippen LogP contribution in [-0.2, 0) is 4.79 Å². The lowest BCUT2D eigenvalue weighted by Gasteiger charge is -2.33. The molecule has 1 N–H and O–H groups in total. The highest BCUT2D eigenvalue weighted by Gasteiger charge is 2.40. The number of nitrogens with zero attached hydrogens (tertiary/aromatic N) is 1. The Morgan fingerprint density at radius 2 is 1.61 bits per heavy atom.